The maximum Gasteiger partial charge on any atom is 0.227 e. The molecule has 1 amide bonds. The number of anilines is 1. The van der Waals surface area contributed by atoms with Crippen LogP contribution in [0.4, 0.5) is 5.82 Å². The standard InChI is InChI=1S/C16H10N6OS/c17-5-9-1-3-10(4-2-9)14-11(6-18)15(21)22-16(12(14)7-19)24-8-13(20)23/h1-4H,8H2,(H2,20,23)(H2,21,22). The lowest BCUT2D eigenvalue weighted by Crippen LogP contribution is -2.14. The molecule has 0 aliphatic heterocycles. The van der Waals surface area contributed by atoms with Gasteiger partial charge in [-0.05, 0) is 17.7 Å². The molecule has 116 valence electrons. The molecule has 0 spiro atoms. The second kappa shape index (κ2) is 7.15. The molecule has 1 aromatic carbocycles. The van der Waals surface area contributed by atoms with E-state index < -0.39 is 5.91 Å². The molecule has 24 heavy (non-hydrogen) atoms. The molecule has 0 atom stereocenters. The van der Waals surface area contributed by atoms with Gasteiger partial charge in [-0.25, -0.2) is 4.98 Å². The van der Waals surface area contributed by atoms with Crippen molar-refractivity contribution in [1.82, 2.24) is 4.98 Å². The number of carbonyl (C=O) groups excluding carboxylic acids is 1. The maximum absolute atomic E-state index is 11.0. The highest BCUT2D eigenvalue weighted by atomic mass is 32.2. The maximum atomic E-state index is 11.0. The zero-order chi connectivity index (χ0) is 17.7. The van der Waals surface area contributed by atoms with Gasteiger partial charge in [0, 0.05) is 5.56 Å². The van der Waals surface area contributed by atoms with Crippen molar-refractivity contribution in [3.63, 3.8) is 0 Å². The van der Waals surface area contributed by atoms with Crippen molar-refractivity contribution >= 4 is 23.5 Å². The number of nitrogens with two attached hydrogens (primary N) is 2. The number of nitrogen functional groups attached to an aromatic ring is 1. The highest BCUT2D eigenvalue weighted by Gasteiger charge is 2.20. The third kappa shape index (κ3) is 3.27. The number of primary amides is 1. The van der Waals surface area contributed by atoms with Gasteiger partial charge in [-0.15, -0.1) is 0 Å². The minimum atomic E-state index is -0.562. The average molecular weight is 334 g/mol. The summed E-state index contributed by atoms with van der Waals surface area (Å²) in [4.78, 5) is 15.0. The Balaban J connectivity index is 2.71. The second-order valence-electron chi connectivity index (χ2n) is 4.59. The lowest BCUT2D eigenvalue weighted by atomic mass is 9.96. The third-order valence-electron chi connectivity index (χ3n) is 3.07. The molecule has 1 aromatic heterocycles. The Kier molecular flexibility index (Phi) is 5.01. The lowest BCUT2D eigenvalue weighted by Gasteiger charge is -2.12. The topological polar surface area (TPSA) is 153 Å². The number of rotatable bonds is 4. The van der Waals surface area contributed by atoms with Crippen LogP contribution in [0, 0.1) is 34.0 Å². The van der Waals surface area contributed by atoms with Crippen molar-refractivity contribution in [3.05, 3.63) is 41.0 Å². The zero-order valence-corrected chi connectivity index (χ0v) is 13.1. The summed E-state index contributed by atoms with van der Waals surface area (Å²) in [5.74, 6) is -0.670. The first kappa shape index (κ1) is 16.8. The van der Waals surface area contributed by atoms with Crippen molar-refractivity contribution in [2.24, 2.45) is 5.73 Å². The second-order valence-corrected chi connectivity index (χ2v) is 5.56. The van der Waals surface area contributed by atoms with Gasteiger partial charge in [0.15, 0.2) is 0 Å². The molecule has 0 fully saturated rings. The number of carbonyl (C=O) groups is 1. The van der Waals surface area contributed by atoms with Gasteiger partial charge in [0.1, 0.15) is 28.5 Å². The van der Waals surface area contributed by atoms with E-state index >= 15 is 0 Å². The summed E-state index contributed by atoms with van der Waals surface area (Å²) in [6.45, 7) is 0. The van der Waals surface area contributed by atoms with Crippen molar-refractivity contribution in [2.75, 3.05) is 11.5 Å². The summed E-state index contributed by atoms with van der Waals surface area (Å²) < 4.78 is 0. The van der Waals surface area contributed by atoms with Crippen LogP contribution >= 0.6 is 11.8 Å². The molecule has 0 aliphatic rings. The van der Waals surface area contributed by atoms with Crippen LogP contribution in [0.2, 0.25) is 0 Å². The third-order valence-corrected chi connectivity index (χ3v) is 4.07. The summed E-state index contributed by atoms with van der Waals surface area (Å²) in [6, 6.07) is 12.4. The van der Waals surface area contributed by atoms with E-state index in [0.717, 1.165) is 11.8 Å². The molecule has 0 saturated carbocycles. The fourth-order valence-electron chi connectivity index (χ4n) is 2.04. The van der Waals surface area contributed by atoms with E-state index in [0.29, 0.717) is 16.7 Å². The predicted octanol–water partition coefficient (Wildman–Crippen LogP) is 1.52. The Morgan fingerprint density at radius 1 is 1.08 bits per heavy atom. The lowest BCUT2D eigenvalue weighted by molar-refractivity contribution is -0.115. The van der Waals surface area contributed by atoms with Crippen LogP contribution in [0.15, 0.2) is 29.3 Å². The fraction of sp³-hybridized carbons (Fsp3) is 0.0625. The van der Waals surface area contributed by atoms with E-state index in [1.165, 1.54) is 0 Å². The Morgan fingerprint density at radius 2 is 1.71 bits per heavy atom. The molecule has 4 N–H and O–H groups in total. The molecule has 0 bridgehead atoms. The molecule has 1 heterocycles. The van der Waals surface area contributed by atoms with Gasteiger partial charge >= 0.3 is 0 Å². The number of nitrogens with zero attached hydrogens (tertiary/aromatic N) is 4. The molecule has 2 aromatic rings. The molecule has 2 rings (SSSR count). The molecule has 8 heteroatoms. The summed E-state index contributed by atoms with van der Waals surface area (Å²) in [6.07, 6.45) is 0. The Hall–Kier alpha value is -3.54. The number of amides is 1. The van der Waals surface area contributed by atoms with Gasteiger partial charge in [-0.2, -0.15) is 15.8 Å². The van der Waals surface area contributed by atoms with Crippen molar-refractivity contribution < 1.29 is 4.79 Å². The first-order valence-electron chi connectivity index (χ1n) is 6.57. The number of benzene rings is 1. The van der Waals surface area contributed by atoms with Crippen LogP contribution < -0.4 is 11.5 Å². The molecule has 0 unspecified atom stereocenters. The summed E-state index contributed by atoms with van der Waals surface area (Å²) in [7, 11) is 0. The number of aromatic nitrogens is 1. The normalized spacial score (nSPS) is 9.54. The van der Waals surface area contributed by atoms with E-state index in [-0.39, 0.29) is 27.7 Å². The molecule has 0 radical (unpaired) electrons. The SMILES string of the molecule is N#Cc1ccc(-c2c(C#N)c(N)nc(SCC(N)=O)c2C#N)cc1. The first-order valence-corrected chi connectivity index (χ1v) is 7.55. The van der Waals surface area contributed by atoms with Crippen LogP contribution in [0.3, 0.4) is 0 Å². The number of hydrogen-bond acceptors (Lipinski definition) is 7. The minimum absolute atomic E-state index is 0.0390. The smallest absolute Gasteiger partial charge is 0.227 e. The van der Waals surface area contributed by atoms with Crippen LogP contribution in [0.25, 0.3) is 11.1 Å². The largest absolute Gasteiger partial charge is 0.383 e. The predicted molar refractivity (Wildman–Crippen MR) is 88.1 cm³/mol. The number of hydrogen-bond donors (Lipinski definition) is 2. The quantitative estimate of drug-likeness (QED) is 0.803. The molecule has 7 nitrogen and oxygen atoms in total. The highest BCUT2D eigenvalue weighted by Crippen LogP contribution is 2.35. The summed E-state index contributed by atoms with van der Waals surface area (Å²) in [5, 5.41) is 28.0. The summed E-state index contributed by atoms with van der Waals surface area (Å²) in [5.41, 5.74) is 12.5. The zero-order valence-electron chi connectivity index (χ0n) is 12.3. The first-order chi connectivity index (χ1) is 11.5. The van der Waals surface area contributed by atoms with Crippen molar-refractivity contribution in [3.8, 4) is 29.3 Å². The average Bonchev–Trinajstić information content (AvgIpc) is 2.59. The molecular weight excluding hydrogens is 324 g/mol. The van der Waals surface area contributed by atoms with Crippen molar-refractivity contribution in [2.45, 2.75) is 5.03 Å². The minimum Gasteiger partial charge on any atom is -0.383 e. The van der Waals surface area contributed by atoms with E-state index in [2.05, 4.69) is 4.98 Å². The number of nitriles is 3. The Morgan fingerprint density at radius 3 is 2.21 bits per heavy atom. The molecule has 0 saturated heterocycles. The monoisotopic (exact) mass is 334 g/mol. The summed E-state index contributed by atoms with van der Waals surface area (Å²) >= 11 is 0.980. The Labute approximate surface area is 142 Å². The van der Waals surface area contributed by atoms with Gasteiger partial charge < -0.3 is 11.5 Å². The number of pyridine rings is 1. The van der Waals surface area contributed by atoms with Gasteiger partial charge in [0.25, 0.3) is 0 Å². The van der Waals surface area contributed by atoms with Gasteiger partial charge in [0.2, 0.25) is 5.91 Å². The van der Waals surface area contributed by atoms with Gasteiger partial charge in [-0.1, -0.05) is 23.9 Å². The van der Waals surface area contributed by atoms with Gasteiger partial charge in [0.05, 0.1) is 22.9 Å². The van der Waals surface area contributed by atoms with Crippen LogP contribution in [0.5, 0.6) is 0 Å². The van der Waals surface area contributed by atoms with E-state index in [9.17, 15) is 15.3 Å². The van der Waals surface area contributed by atoms with Crippen LogP contribution in [0.1, 0.15) is 16.7 Å². The molecule has 0 aliphatic carbocycles. The van der Waals surface area contributed by atoms with E-state index in [1.54, 1.807) is 24.3 Å². The van der Waals surface area contributed by atoms with E-state index in [4.69, 9.17) is 16.7 Å². The highest BCUT2D eigenvalue weighted by molar-refractivity contribution is 8.00. The van der Waals surface area contributed by atoms with E-state index in [1.807, 2.05) is 18.2 Å². The van der Waals surface area contributed by atoms with Crippen LogP contribution in [-0.4, -0.2) is 16.6 Å². The molecular formula is C16H10N6OS. The Bertz CT molecular complexity index is 932. The van der Waals surface area contributed by atoms with Crippen molar-refractivity contribution in [1.29, 1.82) is 15.8 Å². The van der Waals surface area contributed by atoms with Crippen LogP contribution in [-0.2, 0) is 4.79 Å². The fourth-order valence-corrected chi connectivity index (χ4v) is 2.78. The number of thioether (sulfide) groups is 1. The van der Waals surface area contributed by atoms with Gasteiger partial charge in [-0.3, -0.25) is 4.79 Å².